The molecule has 0 fully saturated rings. The van der Waals surface area contributed by atoms with Crippen molar-refractivity contribution in [1.29, 1.82) is 0 Å². The first-order valence-electron chi connectivity index (χ1n) is 4.37. The van der Waals surface area contributed by atoms with Gasteiger partial charge in [-0.15, -0.1) is 11.6 Å². The predicted octanol–water partition coefficient (Wildman–Crippen LogP) is 3.33. The van der Waals surface area contributed by atoms with Crippen molar-refractivity contribution in [3.63, 3.8) is 0 Å². The lowest BCUT2D eigenvalue weighted by Crippen LogP contribution is -1.98. The largest absolute Gasteiger partial charge is 0.294 e. The maximum absolute atomic E-state index is 11.3. The molecule has 70 valence electrons. The van der Waals surface area contributed by atoms with E-state index in [0.29, 0.717) is 12.3 Å². The zero-order chi connectivity index (χ0) is 9.84. The molecule has 1 aromatic carbocycles. The molecule has 0 aliphatic rings. The third kappa shape index (κ3) is 2.31. The van der Waals surface area contributed by atoms with Crippen LogP contribution in [0.2, 0.25) is 0 Å². The number of aryl methyl sites for hydroxylation is 1. The van der Waals surface area contributed by atoms with Crippen LogP contribution in [0.25, 0.3) is 0 Å². The molecule has 0 N–H and O–H groups in total. The molecule has 1 nitrogen and oxygen atoms in total. The minimum Gasteiger partial charge on any atom is -0.294 e. The van der Waals surface area contributed by atoms with Crippen molar-refractivity contribution in [3.05, 3.63) is 34.9 Å². The van der Waals surface area contributed by atoms with Gasteiger partial charge in [0, 0.05) is 17.9 Å². The Morgan fingerprint density at radius 3 is 2.69 bits per heavy atom. The molecule has 0 saturated heterocycles. The molecular weight excluding hydrogens is 184 g/mol. The van der Waals surface area contributed by atoms with Crippen LogP contribution in [0.3, 0.4) is 0 Å². The van der Waals surface area contributed by atoms with Gasteiger partial charge in [0.25, 0.3) is 0 Å². The Labute approximate surface area is 83.7 Å². The van der Waals surface area contributed by atoms with E-state index in [2.05, 4.69) is 0 Å². The second kappa shape index (κ2) is 4.43. The highest BCUT2D eigenvalue weighted by molar-refractivity contribution is 6.17. The molecule has 13 heavy (non-hydrogen) atoms. The fraction of sp³-hybridized carbons (Fsp3) is 0.364. The molecule has 0 aromatic heterocycles. The van der Waals surface area contributed by atoms with Crippen molar-refractivity contribution >= 4 is 17.4 Å². The van der Waals surface area contributed by atoms with Gasteiger partial charge in [-0.3, -0.25) is 4.79 Å². The molecule has 1 rings (SSSR count). The van der Waals surface area contributed by atoms with Gasteiger partial charge >= 0.3 is 0 Å². The van der Waals surface area contributed by atoms with E-state index in [1.807, 2.05) is 32.0 Å². The lowest BCUT2D eigenvalue weighted by molar-refractivity contribution is 0.0988. The normalized spacial score (nSPS) is 10.1. The van der Waals surface area contributed by atoms with E-state index in [9.17, 15) is 4.79 Å². The molecule has 0 amide bonds. The van der Waals surface area contributed by atoms with Crippen LogP contribution in [0.5, 0.6) is 0 Å². The highest BCUT2D eigenvalue weighted by atomic mass is 35.5. The molecule has 0 aliphatic carbocycles. The van der Waals surface area contributed by atoms with Crippen LogP contribution >= 0.6 is 11.6 Å². The third-order valence-electron chi connectivity index (χ3n) is 2.14. The molecule has 0 unspecified atom stereocenters. The van der Waals surface area contributed by atoms with Crippen LogP contribution in [-0.4, -0.2) is 5.78 Å². The highest BCUT2D eigenvalue weighted by Crippen LogP contribution is 2.14. The summed E-state index contributed by atoms with van der Waals surface area (Å²) in [6.07, 6.45) is 0.546. The molecule has 2 heteroatoms. The number of benzene rings is 1. The molecule has 0 bridgehead atoms. The molecular formula is C11H13ClO. The number of carbonyl (C=O) groups is 1. The average Bonchev–Trinajstić information content (AvgIpc) is 2.17. The summed E-state index contributed by atoms with van der Waals surface area (Å²) in [5.41, 5.74) is 2.95. The SMILES string of the molecule is CCC(=O)c1ccc(C)c(CCl)c1. The molecule has 0 spiro atoms. The summed E-state index contributed by atoms with van der Waals surface area (Å²) >= 11 is 5.74. The van der Waals surface area contributed by atoms with Gasteiger partial charge in [0.1, 0.15) is 0 Å². The minimum absolute atomic E-state index is 0.173. The molecule has 0 atom stereocenters. The summed E-state index contributed by atoms with van der Waals surface area (Å²) < 4.78 is 0. The Kier molecular flexibility index (Phi) is 3.49. The summed E-state index contributed by atoms with van der Waals surface area (Å²) in [6, 6.07) is 5.69. The van der Waals surface area contributed by atoms with Crippen molar-refractivity contribution in [2.75, 3.05) is 0 Å². The van der Waals surface area contributed by atoms with Crippen LogP contribution in [-0.2, 0) is 5.88 Å². The topological polar surface area (TPSA) is 17.1 Å². The quantitative estimate of drug-likeness (QED) is 0.536. The van der Waals surface area contributed by atoms with Gasteiger partial charge in [-0.05, 0) is 24.1 Å². The Balaban J connectivity index is 3.06. The van der Waals surface area contributed by atoms with Gasteiger partial charge in [-0.1, -0.05) is 19.1 Å². The zero-order valence-corrected chi connectivity index (χ0v) is 8.69. The smallest absolute Gasteiger partial charge is 0.162 e. The second-order valence-corrected chi connectivity index (χ2v) is 3.32. The molecule has 0 radical (unpaired) electrons. The van der Waals surface area contributed by atoms with E-state index in [4.69, 9.17) is 11.6 Å². The van der Waals surface area contributed by atoms with Gasteiger partial charge in [-0.2, -0.15) is 0 Å². The Morgan fingerprint density at radius 1 is 1.46 bits per heavy atom. The number of alkyl halides is 1. The molecule has 0 saturated carbocycles. The van der Waals surface area contributed by atoms with Crippen LogP contribution in [0.15, 0.2) is 18.2 Å². The monoisotopic (exact) mass is 196 g/mol. The second-order valence-electron chi connectivity index (χ2n) is 3.05. The van der Waals surface area contributed by atoms with Crippen molar-refractivity contribution in [3.8, 4) is 0 Å². The number of hydrogen-bond donors (Lipinski definition) is 0. The first-order valence-corrected chi connectivity index (χ1v) is 4.91. The van der Waals surface area contributed by atoms with Crippen LogP contribution in [0.4, 0.5) is 0 Å². The Morgan fingerprint density at radius 2 is 2.15 bits per heavy atom. The van der Waals surface area contributed by atoms with Crippen molar-refractivity contribution in [2.45, 2.75) is 26.1 Å². The van der Waals surface area contributed by atoms with E-state index in [1.165, 1.54) is 0 Å². The zero-order valence-electron chi connectivity index (χ0n) is 7.93. The lowest BCUT2D eigenvalue weighted by atomic mass is 10.0. The number of Topliss-reactive ketones (excluding diaryl/α,β-unsaturated/α-hetero) is 1. The Hall–Kier alpha value is -0.820. The molecule has 1 aromatic rings. The summed E-state index contributed by atoms with van der Waals surface area (Å²) in [6.45, 7) is 3.86. The fourth-order valence-electron chi connectivity index (χ4n) is 1.19. The van der Waals surface area contributed by atoms with Gasteiger partial charge in [0.05, 0.1) is 0 Å². The maximum Gasteiger partial charge on any atom is 0.162 e. The van der Waals surface area contributed by atoms with Crippen molar-refractivity contribution in [2.24, 2.45) is 0 Å². The van der Waals surface area contributed by atoms with Gasteiger partial charge in [0.15, 0.2) is 5.78 Å². The number of halogens is 1. The highest BCUT2D eigenvalue weighted by Gasteiger charge is 2.04. The third-order valence-corrected chi connectivity index (χ3v) is 2.42. The van der Waals surface area contributed by atoms with E-state index >= 15 is 0 Å². The van der Waals surface area contributed by atoms with Crippen LogP contribution in [0.1, 0.15) is 34.8 Å². The molecule has 0 heterocycles. The van der Waals surface area contributed by atoms with E-state index in [-0.39, 0.29) is 5.78 Å². The van der Waals surface area contributed by atoms with Crippen LogP contribution in [0, 0.1) is 6.92 Å². The number of hydrogen-bond acceptors (Lipinski definition) is 1. The standard InChI is InChI=1S/C11H13ClO/c1-3-11(13)9-5-4-8(2)10(6-9)7-12/h4-6H,3,7H2,1-2H3. The Bertz CT molecular complexity index is 318. The van der Waals surface area contributed by atoms with Gasteiger partial charge < -0.3 is 0 Å². The van der Waals surface area contributed by atoms with E-state index in [1.54, 1.807) is 0 Å². The lowest BCUT2D eigenvalue weighted by Gasteiger charge is -2.04. The fourth-order valence-corrected chi connectivity index (χ4v) is 1.48. The number of ketones is 1. The first kappa shape index (κ1) is 10.3. The summed E-state index contributed by atoms with van der Waals surface area (Å²) in [7, 11) is 0. The predicted molar refractivity (Wildman–Crippen MR) is 55.4 cm³/mol. The average molecular weight is 197 g/mol. The first-order chi connectivity index (χ1) is 6.19. The van der Waals surface area contributed by atoms with Crippen molar-refractivity contribution < 1.29 is 4.79 Å². The number of carbonyl (C=O) groups excluding carboxylic acids is 1. The summed E-state index contributed by atoms with van der Waals surface area (Å²) in [5.74, 6) is 0.641. The van der Waals surface area contributed by atoms with Crippen LogP contribution < -0.4 is 0 Å². The summed E-state index contributed by atoms with van der Waals surface area (Å²) in [4.78, 5) is 11.3. The van der Waals surface area contributed by atoms with E-state index in [0.717, 1.165) is 16.7 Å². The van der Waals surface area contributed by atoms with Gasteiger partial charge in [0.2, 0.25) is 0 Å². The molecule has 0 aliphatic heterocycles. The minimum atomic E-state index is 0.173. The van der Waals surface area contributed by atoms with Crippen molar-refractivity contribution in [1.82, 2.24) is 0 Å². The van der Waals surface area contributed by atoms with E-state index < -0.39 is 0 Å². The van der Waals surface area contributed by atoms with Gasteiger partial charge in [-0.25, -0.2) is 0 Å². The maximum atomic E-state index is 11.3. The summed E-state index contributed by atoms with van der Waals surface area (Å²) in [5, 5.41) is 0. The number of rotatable bonds is 3.